The summed E-state index contributed by atoms with van der Waals surface area (Å²) >= 11 is 5.12. The summed E-state index contributed by atoms with van der Waals surface area (Å²) < 4.78 is 6.83. The Morgan fingerprint density at radius 2 is 2.26 bits per heavy atom. The molecular weight excluding hydrogens is 324 g/mol. The number of rotatable bonds is 7. The molecule has 0 radical (unpaired) electrons. The molecule has 1 aromatic carbocycles. The molecule has 0 amide bonds. The topological polar surface area (TPSA) is 34.1 Å². The van der Waals surface area contributed by atoms with Crippen molar-refractivity contribution in [3.8, 4) is 5.75 Å². The van der Waals surface area contributed by atoms with Crippen molar-refractivity contribution in [3.05, 3.63) is 44.8 Å². The second-order valence-electron chi connectivity index (χ2n) is 4.18. The number of hydrogen-bond donors (Lipinski definition) is 1. The molecular formula is C14H17BrN2OS. The van der Waals surface area contributed by atoms with E-state index in [4.69, 9.17) is 4.74 Å². The summed E-state index contributed by atoms with van der Waals surface area (Å²) in [5.74, 6) is 0.954. The highest BCUT2D eigenvalue weighted by atomic mass is 79.9. The Morgan fingerprint density at radius 1 is 1.37 bits per heavy atom. The largest absolute Gasteiger partial charge is 0.493 e. The van der Waals surface area contributed by atoms with Crippen molar-refractivity contribution in [1.29, 1.82) is 0 Å². The lowest BCUT2D eigenvalue weighted by molar-refractivity contribution is 0.313. The molecule has 0 aliphatic carbocycles. The zero-order valence-corrected chi connectivity index (χ0v) is 13.3. The van der Waals surface area contributed by atoms with Gasteiger partial charge in [-0.15, -0.1) is 11.3 Å². The van der Waals surface area contributed by atoms with Crippen LogP contribution < -0.4 is 10.1 Å². The molecule has 2 aromatic rings. The van der Waals surface area contributed by atoms with Gasteiger partial charge in [0, 0.05) is 28.5 Å². The zero-order chi connectivity index (χ0) is 13.5. The van der Waals surface area contributed by atoms with Crippen LogP contribution in [0.25, 0.3) is 0 Å². The Hall–Kier alpha value is -0.910. The maximum absolute atomic E-state index is 5.75. The van der Waals surface area contributed by atoms with E-state index in [1.54, 1.807) is 11.3 Å². The van der Waals surface area contributed by atoms with Gasteiger partial charge in [0.25, 0.3) is 0 Å². The van der Waals surface area contributed by atoms with Crippen LogP contribution in [-0.2, 0) is 13.1 Å². The first kappa shape index (κ1) is 14.5. The van der Waals surface area contributed by atoms with Crippen LogP contribution in [0.4, 0.5) is 0 Å². The molecule has 2 rings (SSSR count). The number of ether oxygens (including phenoxy) is 1. The molecule has 0 fully saturated rings. The zero-order valence-electron chi connectivity index (χ0n) is 10.9. The third kappa shape index (κ3) is 4.60. The standard InChI is InChI=1S/C14H17BrN2OS/c1-2-5-18-14-4-3-12(15)6-11(14)7-16-8-13-9-19-10-17-13/h3-4,6,9-10,16H,2,5,7-8H2,1H3. The van der Waals surface area contributed by atoms with Gasteiger partial charge in [-0.05, 0) is 24.6 Å². The fourth-order valence-electron chi connectivity index (χ4n) is 1.69. The molecule has 0 saturated heterocycles. The van der Waals surface area contributed by atoms with Gasteiger partial charge in [-0.2, -0.15) is 0 Å². The van der Waals surface area contributed by atoms with E-state index in [0.717, 1.165) is 47.6 Å². The highest BCUT2D eigenvalue weighted by molar-refractivity contribution is 9.10. The number of benzene rings is 1. The minimum absolute atomic E-state index is 0.751. The quantitative estimate of drug-likeness (QED) is 0.827. The molecule has 102 valence electrons. The highest BCUT2D eigenvalue weighted by Crippen LogP contribution is 2.23. The van der Waals surface area contributed by atoms with E-state index in [1.165, 1.54) is 0 Å². The summed E-state index contributed by atoms with van der Waals surface area (Å²) in [5.41, 5.74) is 4.10. The summed E-state index contributed by atoms with van der Waals surface area (Å²) in [7, 11) is 0. The number of thiazole rings is 1. The Kier molecular flexibility index (Phi) is 5.82. The fourth-order valence-corrected chi connectivity index (χ4v) is 2.66. The summed E-state index contributed by atoms with van der Waals surface area (Å²) in [5, 5.41) is 5.45. The van der Waals surface area contributed by atoms with Gasteiger partial charge < -0.3 is 10.1 Å². The summed E-state index contributed by atoms with van der Waals surface area (Å²) in [6.45, 7) is 4.42. The average molecular weight is 341 g/mol. The number of halogens is 1. The van der Waals surface area contributed by atoms with Crippen LogP contribution in [0.15, 0.2) is 33.6 Å². The van der Waals surface area contributed by atoms with Gasteiger partial charge in [-0.1, -0.05) is 22.9 Å². The van der Waals surface area contributed by atoms with Crippen LogP contribution in [0, 0.1) is 0 Å². The molecule has 5 heteroatoms. The van der Waals surface area contributed by atoms with Crippen LogP contribution in [0.2, 0.25) is 0 Å². The molecule has 0 unspecified atom stereocenters. The lowest BCUT2D eigenvalue weighted by Crippen LogP contribution is -2.14. The molecule has 0 aliphatic rings. The van der Waals surface area contributed by atoms with Crippen molar-refractivity contribution >= 4 is 27.3 Å². The second kappa shape index (κ2) is 7.62. The molecule has 0 saturated carbocycles. The third-order valence-corrected chi connectivity index (χ3v) is 3.72. The van der Waals surface area contributed by atoms with Gasteiger partial charge in [0.05, 0.1) is 17.8 Å². The predicted molar refractivity (Wildman–Crippen MR) is 82.6 cm³/mol. The van der Waals surface area contributed by atoms with Crippen LogP contribution in [0.5, 0.6) is 5.75 Å². The van der Waals surface area contributed by atoms with Gasteiger partial charge in [0.2, 0.25) is 0 Å². The summed E-state index contributed by atoms with van der Waals surface area (Å²) in [4.78, 5) is 4.25. The molecule has 0 bridgehead atoms. The lowest BCUT2D eigenvalue weighted by atomic mass is 10.2. The molecule has 0 spiro atoms. The van der Waals surface area contributed by atoms with Gasteiger partial charge in [-0.25, -0.2) is 4.98 Å². The third-order valence-electron chi connectivity index (χ3n) is 2.59. The maximum Gasteiger partial charge on any atom is 0.123 e. The minimum atomic E-state index is 0.751. The Labute approximate surface area is 126 Å². The number of aromatic nitrogens is 1. The second-order valence-corrected chi connectivity index (χ2v) is 5.82. The minimum Gasteiger partial charge on any atom is -0.493 e. The van der Waals surface area contributed by atoms with Crippen molar-refractivity contribution in [3.63, 3.8) is 0 Å². The number of nitrogens with zero attached hydrogens (tertiary/aromatic N) is 1. The average Bonchev–Trinajstić information content (AvgIpc) is 2.91. The first-order valence-corrected chi connectivity index (χ1v) is 8.02. The van der Waals surface area contributed by atoms with E-state index in [0.29, 0.717) is 0 Å². The van der Waals surface area contributed by atoms with E-state index < -0.39 is 0 Å². The van der Waals surface area contributed by atoms with E-state index in [1.807, 2.05) is 17.6 Å². The number of hydrogen-bond acceptors (Lipinski definition) is 4. The van der Waals surface area contributed by atoms with E-state index >= 15 is 0 Å². The Morgan fingerprint density at radius 3 is 3.00 bits per heavy atom. The maximum atomic E-state index is 5.75. The monoisotopic (exact) mass is 340 g/mol. The van der Waals surface area contributed by atoms with Gasteiger partial charge >= 0.3 is 0 Å². The Bertz CT molecular complexity index is 502. The molecule has 3 nitrogen and oxygen atoms in total. The summed E-state index contributed by atoms with van der Waals surface area (Å²) in [6, 6.07) is 6.12. The molecule has 0 atom stereocenters. The van der Waals surface area contributed by atoms with E-state index in [2.05, 4.69) is 44.6 Å². The fraction of sp³-hybridized carbons (Fsp3) is 0.357. The van der Waals surface area contributed by atoms with Crippen LogP contribution >= 0.6 is 27.3 Å². The number of nitrogens with one attached hydrogen (secondary N) is 1. The normalized spacial score (nSPS) is 10.6. The van der Waals surface area contributed by atoms with Crippen molar-refractivity contribution in [2.24, 2.45) is 0 Å². The Balaban J connectivity index is 1.95. The molecule has 19 heavy (non-hydrogen) atoms. The molecule has 1 heterocycles. The van der Waals surface area contributed by atoms with Crippen molar-refractivity contribution < 1.29 is 4.74 Å². The first-order valence-electron chi connectivity index (χ1n) is 6.28. The van der Waals surface area contributed by atoms with Crippen molar-refractivity contribution in [1.82, 2.24) is 10.3 Å². The van der Waals surface area contributed by atoms with Crippen molar-refractivity contribution in [2.45, 2.75) is 26.4 Å². The molecule has 1 N–H and O–H groups in total. The van der Waals surface area contributed by atoms with Gasteiger partial charge in [0.1, 0.15) is 5.75 Å². The van der Waals surface area contributed by atoms with Crippen LogP contribution in [0.1, 0.15) is 24.6 Å². The lowest BCUT2D eigenvalue weighted by Gasteiger charge is -2.12. The van der Waals surface area contributed by atoms with Crippen LogP contribution in [-0.4, -0.2) is 11.6 Å². The SMILES string of the molecule is CCCOc1ccc(Br)cc1CNCc1cscn1. The molecule has 1 aromatic heterocycles. The first-order chi connectivity index (χ1) is 9.29. The summed E-state index contributed by atoms with van der Waals surface area (Å²) in [6.07, 6.45) is 1.02. The highest BCUT2D eigenvalue weighted by Gasteiger charge is 2.05. The van der Waals surface area contributed by atoms with Crippen LogP contribution in [0.3, 0.4) is 0 Å². The smallest absolute Gasteiger partial charge is 0.123 e. The van der Waals surface area contributed by atoms with Crippen molar-refractivity contribution in [2.75, 3.05) is 6.61 Å². The van der Waals surface area contributed by atoms with E-state index in [-0.39, 0.29) is 0 Å². The van der Waals surface area contributed by atoms with E-state index in [9.17, 15) is 0 Å². The predicted octanol–water partition coefficient (Wildman–Crippen LogP) is 3.98. The van der Waals surface area contributed by atoms with Gasteiger partial charge in [0.15, 0.2) is 0 Å². The van der Waals surface area contributed by atoms with Gasteiger partial charge in [-0.3, -0.25) is 0 Å². The molecule has 0 aliphatic heterocycles.